The van der Waals surface area contributed by atoms with Crippen LogP contribution in [-0.4, -0.2) is 0 Å². The Morgan fingerprint density at radius 1 is 1.37 bits per heavy atom. The highest BCUT2D eigenvalue weighted by Crippen LogP contribution is 2.31. The molecule has 0 bridgehead atoms. The quantitative estimate of drug-likeness (QED) is 0.908. The highest BCUT2D eigenvalue weighted by atomic mass is 79.9. The first-order chi connectivity index (χ1) is 9.24. The molecule has 3 rings (SSSR count). The Kier molecular flexibility index (Phi) is 3.71. The number of benzene rings is 1. The third-order valence-corrected chi connectivity index (χ3v) is 4.34. The molecule has 1 aromatic carbocycles. The first kappa shape index (κ1) is 12.9. The molecule has 0 fully saturated rings. The van der Waals surface area contributed by atoms with Crippen LogP contribution in [0.1, 0.15) is 35.8 Å². The standard InChI is InChI=1S/C15H15BrFNO/c16-13-8-11(17)5-4-10(13)9-18-14-2-1-3-15-12(14)6-7-19-15/h4-8,14,18H,1-3,9H2. The summed E-state index contributed by atoms with van der Waals surface area (Å²) >= 11 is 3.40. The first-order valence-electron chi connectivity index (χ1n) is 6.47. The zero-order valence-corrected chi connectivity index (χ0v) is 12.0. The average molecular weight is 324 g/mol. The first-order valence-corrected chi connectivity index (χ1v) is 7.27. The number of aryl methyl sites for hydroxylation is 1. The SMILES string of the molecule is Fc1ccc(CNC2CCCc3occc32)c(Br)c1. The summed E-state index contributed by atoms with van der Waals surface area (Å²) in [7, 11) is 0. The van der Waals surface area contributed by atoms with E-state index in [2.05, 4.69) is 21.2 Å². The fourth-order valence-electron chi connectivity index (χ4n) is 2.60. The number of hydrogen-bond donors (Lipinski definition) is 1. The van der Waals surface area contributed by atoms with Crippen molar-refractivity contribution in [3.05, 3.63) is 57.7 Å². The van der Waals surface area contributed by atoms with E-state index in [0.717, 1.165) is 41.6 Å². The van der Waals surface area contributed by atoms with Crippen molar-refractivity contribution in [2.24, 2.45) is 0 Å². The van der Waals surface area contributed by atoms with E-state index in [1.165, 1.54) is 17.7 Å². The van der Waals surface area contributed by atoms with Gasteiger partial charge in [-0.1, -0.05) is 22.0 Å². The van der Waals surface area contributed by atoms with Gasteiger partial charge in [-0.25, -0.2) is 4.39 Å². The van der Waals surface area contributed by atoms with Crippen molar-refractivity contribution < 1.29 is 8.81 Å². The smallest absolute Gasteiger partial charge is 0.124 e. The summed E-state index contributed by atoms with van der Waals surface area (Å²) in [5, 5.41) is 3.53. The minimum absolute atomic E-state index is 0.217. The van der Waals surface area contributed by atoms with E-state index in [4.69, 9.17) is 4.42 Å². The van der Waals surface area contributed by atoms with Crippen molar-refractivity contribution in [3.63, 3.8) is 0 Å². The molecule has 0 radical (unpaired) electrons. The van der Waals surface area contributed by atoms with Crippen LogP contribution < -0.4 is 5.32 Å². The third-order valence-electron chi connectivity index (χ3n) is 3.61. The Morgan fingerprint density at radius 2 is 2.26 bits per heavy atom. The van der Waals surface area contributed by atoms with Crippen LogP contribution in [-0.2, 0) is 13.0 Å². The fraction of sp³-hybridized carbons (Fsp3) is 0.333. The van der Waals surface area contributed by atoms with Crippen LogP contribution >= 0.6 is 15.9 Å². The van der Waals surface area contributed by atoms with Crippen LogP contribution in [0.25, 0.3) is 0 Å². The van der Waals surface area contributed by atoms with Gasteiger partial charge in [0.1, 0.15) is 11.6 Å². The minimum atomic E-state index is -0.217. The van der Waals surface area contributed by atoms with E-state index in [0.29, 0.717) is 6.04 Å². The lowest BCUT2D eigenvalue weighted by molar-refractivity contribution is 0.410. The molecule has 1 unspecified atom stereocenters. The van der Waals surface area contributed by atoms with E-state index >= 15 is 0 Å². The van der Waals surface area contributed by atoms with Gasteiger partial charge in [-0.3, -0.25) is 0 Å². The van der Waals surface area contributed by atoms with E-state index in [9.17, 15) is 4.39 Å². The molecule has 0 saturated carbocycles. The summed E-state index contributed by atoms with van der Waals surface area (Å²) in [5.41, 5.74) is 2.33. The summed E-state index contributed by atoms with van der Waals surface area (Å²) in [6, 6.07) is 7.18. The summed E-state index contributed by atoms with van der Waals surface area (Å²) in [4.78, 5) is 0. The second-order valence-electron chi connectivity index (χ2n) is 4.86. The van der Waals surface area contributed by atoms with Crippen molar-refractivity contribution >= 4 is 15.9 Å². The molecule has 1 aromatic heterocycles. The molecule has 4 heteroatoms. The molecule has 0 amide bonds. The number of halogens is 2. The molecule has 1 aliphatic carbocycles. The molecule has 2 aromatic rings. The third kappa shape index (κ3) is 2.74. The lowest BCUT2D eigenvalue weighted by atomic mass is 9.93. The molecule has 1 N–H and O–H groups in total. The molecular formula is C15H15BrFNO. The van der Waals surface area contributed by atoms with E-state index < -0.39 is 0 Å². The van der Waals surface area contributed by atoms with Gasteiger partial charge in [0.05, 0.1) is 6.26 Å². The largest absolute Gasteiger partial charge is 0.469 e. The van der Waals surface area contributed by atoms with Gasteiger partial charge in [-0.2, -0.15) is 0 Å². The Hall–Kier alpha value is -1.13. The van der Waals surface area contributed by atoms with E-state index in [-0.39, 0.29) is 5.82 Å². The number of hydrogen-bond acceptors (Lipinski definition) is 2. The second kappa shape index (κ2) is 5.47. The highest BCUT2D eigenvalue weighted by Gasteiger charge is 2.22. The van der Waals surface area contributed by atoms with E-state index in [1.54, 1.807) is 6.26 Å². The Morgan fingerprint density at radius 3 is 3.11 bits per heavy atom. The molecule has 1 heterocycles. The Bertz CT molecular complexity index is 581. The van der Waals surface area contributed by atoms with Gasteiger partial charge in [0.25, 0.3) is 0 Å². The van der Waals surface area contributed by atoms with Crippen molar-refractivity contribution in [3.8, 4) is 0 Å². The van der Waals surface area contributed by atoms with E-state index in [1.807, 2.05) is 12.1 Å². The second-order valence-corrected chi connectivity index (χ2v) is 5.71. The van der Waals surface area contributed by atoms with Crippen molar-refractivity contribution in [2.75, 3.05) is 0 Å². The molecule has 0 saturated heterocycles. The molecule has 0 spiro atoms. The molecule has 19 heavy (non-hydrogen) atoms. The zero-order chi connectivity index (χ0) is 13.2. The summed E-state index contributed by atoms with van der Waals surface area (Å²) in [6.07, 6.45) is 5.05. The molecular weight excluding hydrogens is 309 g/mol. The maximum absolute atomic E-state index is 13.0. The summed E-state index contributed by atoms with van der Waals surface area (Å²) < 4.78 is 19.3. The Labute approximate surface area is 120 Å². The summed E-state index contributed by atoms with van der Waals surface area (Å²) in [6.45, 7) is 0.718. The highest BCUT2D eigenvalue weighted by molar-refractivity contribution is 9.10. The summed E-state index contributed by atoms with van der Waals surface area (Å²) in [5.74, 6) is 0.882. The van der Waals surface area contributed by atoms with Crippen LogP contribution in [0.15, 0.2) is 39.4 Å². The van der Waals surface area contributed by atoms with Gasteiger partial charge in [0.15, 0.2) is 0 Å². The zero-order valence-electron chi connectivity index (χ0n) is 10.5. The lowest BCUT2D eigenvalue weighted by Gasteiger charge is -2.23. The maximum Gasteiger partial charge on any atom is 0.124 e. The van der Waals surface area contributed by atoms with Crippen LogP contribution in [0.4, 0.5) is 4.39 Å². The monoisotopic (exact) mass is 323 g/mol. The molecule has 100 valence electrons. The fourth-order valence-corrected chi connectivity index (χ4v) is 3.09. The number of nitrogens with one attached hydrogen (secondary N) is 1. The minimum Gasteiger partial charge on any atom is -0.469 e. The average Bonchev–Trinajstić information content (AvgIpc) is 2.86. The molecule has 2 nitrogen and oxygen atoms in total. The lowest BCUT2D eigenvalue weighted by Crippen LogP contribution is -2.24. The molecule has 1 aliphatic rings. The molecule has 1 atom stereocenters. The van der Waals surface area contributed by atoms with Gasteiger partial charge in [0.2, 0.25) is 0 Å². The van der Waals surface area contributed by atoms with Crippen molar-refractivity contribution in [1.29, 1.82) is 0 Å². The number of furan rings is 1. The van der Waals surface area contributed by atoms with Crippen molar-refractivity contribution in [1.82, 2.24) is 5.32 Å². The van der Waals surface area contributed by atoms with Crippen LogP contribution in [0, 0.1) is 5.82 Å². The topological polar surface area (TPSA) is 25.2 Å². The van der Waals surface area contributed by atoms with Crippen LogP contribution in [0.2, 0.25) is 0 Å². The van der Waals surface area contributed by atoms with Gasteiger partial charge >= 0.3 is 0 Å². The molecule has 0 aliphatic heterocycles. The van der Waals surface area contributed by atoms with Gasteiger partial charge in [0, 0.05) is 29.0 Å². The van der Waals surface area contributed by atoms with Crippen LogP contribution in [0.5, 0.6) is 0 Å². The Balaban J connectivity index is 1.71. The number of fused-ring (bicyclic) bond motifs is 1. The van der Waals surface area contributed by atoms with Gasteiger partial charge in [-0.05, 0) is 36.6 Å². The predicted molar refractivity (Wildman–Crippen MR) is 75.3 cm³/mol. The van der Waals surface area contributed by atoms with Gasteiger partial charge < -0.3 is 9.73 Å². The van der Waals surface area contributed by atoms with Gasteiger partial charge in [-0.15, -0.1) is 0 Å². The predicted octanol–water partition coefficient (Wildman–Crippen LogP) is 4.35. The normalized spacial score (nSPS) is 18.3. The maximum atomic E-state index is 13.0. The number of rotatable bonds is 3. The van der Waals surface area contributed by atoms with Crippen LogP contribution in [0.3, 0.4) is 0 Å². The van der Waals surface area contributed by atoms with Crippen molar-refractivity contribution in [2.45, 2.75) is 31.8 Å².